The Morgan fingerprint density at radius 2 is 1.90 bits per heavy atom. The van der Waals surface area contributed by atoms with Gasteiger partial charge >= 0.3 is 0 Å². The molecule has 1 fully saturated rings. The van der Waals surface area contributed by atoms with Crippen molar-refractivity contribution < 1.29 is 4.79 Å². The molecule has 0 bridgehead atoms. The number of nitrogens with zero attached hydrogens (tertiary/aromatic N) is 6. The largest absolute Gasteiger partial charge is 0.315 e. The molecule has 0 atom stereocenters. The summed E-state index contributed by atoms with van der Waals surface area (Å²) in [5.41, 5.74) is 1.02. The Labute approximate surface area is 174 Å². The molecule has 30 heavy (non-hydrogen) atoms. The number of tetrazole rings is 1. The third-order valence-corrected chi connectivity index (χ3v) is 5.68. The van der Waals surface area contributed by atoms with Crippen LogP contribution in [0.2, 0.25) is 0 Å². The lowest BCUT2D eigenvalue weighted by atomic mass is 9.97. The second kappa shape index (κ2) is 8.19. The first-order valence-corrected chi connectivity index (χ1v) is 9.97. The lowest BCUT2D eigenvalue weighted by Gasteiger charge is -2.16. The van der Waals surface area contributed by atoms with Crippen molar-refractivity contribution in [2.45, 2.75) is 23.6 Å². The van der Waals surface area contributed by atoms with Gasteiger partial charge in [-0.05, 0) is 24.1 Å². The van der Waals surface area contributed by atoms with Crippen molar-refractivity contribution in [3.8, 4) is 23.3 Å². The minimum atomic E-state index is -0.582. The number of hydrogen-bond donors (Lipinski definition) is 2. The predicted octanol–water partition coefficient (Wildman–Crippen LogP) is 1.72. The number of anilines is 1. The molecule has 0 unspecified atom stereocenters. The van der Waals surface area contributed by atoms with Gasteiger partial charge in [0.15, 0.2) is 5.82 Å². The van der Waals surface area contributed by atoms with E-state index < -0.39 is 5.56 Å². The first-order valence-electron chi connectivity index (χ1n) is 8.98. The number of carbonyl (C=O) groups excluding carboxylic acids is 1. The molecule has 2 N–H and O–H groups in total. The molecule has 10 nitrogen and oxygen atoms in total. The number of aromatic amines is 2. The van der Waals surface area contributed by atoms with Gasteiger partial charge in [-0.3, -0.25) is 9.59 Å². The van der Waals surface area contributed by atoms with Crippen molar-refractivity contribution in [1.29, 1.82) is 10.5 Å². The molecule has 1 amide bonds. The summed E-state index contributed by atoms with van der Waals surface area (Å²) >= 11 is 1.17. The van der Waals surface area contributed by atoms with Crippen molar-refractivity contribution >= 4 is 23.4 Å². The van der Waals surface area contributed by atoms with Crippen LogP contribution in [0.1, 0.15) is 29.8 Å². The summed E-state index contributed by atoms with van der Waals surface area (Å²) < 4.78 is 0. The fourth-order valence-electron chi connectivity index (χ4n) is 3.30. The highest BCUT2D eigenvalue weighted by Gasteiger charge is 2.23. The minimum Gasteiger partial charge on any atom is -0.315 e. The monoisotopic (exact) mass is 418 g/mol. The molecule has 0 spiro atoms. The number of aromatic nitrogens is 5. The highest BCUT2D eigenvalue weighted by Crippen LogP contribution is 2.33. The van der Waals surface area contributed by atoms with Crippen LogP contribution in [0.5, 0.6) is 0 Å². The minimum absolute atomic E-state index is 0.0643. The predicted molar refractivity (Wildman–Crippen MR) is 107 cm³/mol. The van der Waals surface area contributed by atoms with E-state index >= 15 is 0 Å². The Kier molecular flexibility index (Phi) is 5.28. The van der Waals surface area contributed by atoms with Crippen LogP contribution in [0.4, 0.5) is 5.69 Å². The molecular formula is C19H14N8O2S. The maximum absolute atomic E-state index is 12.5. The molecule has 11 heteroatoms. The standard InChI is InChI=1S/C19H14N8O2S/c20-8-13-17(11-3-5-12(6-4-11)27-7-1-2-16(27)28)14(9-21)19(22-18(13)29)30-10-15-23-25-26-24-15/h3-6H,1-2,7,10H2,(H,22,29)(H,23,24,25,26). The van der Waals surface area contributed by atoms with Crippen molar-refractivity contribution in [3.05, 3.63) is 51.6 Å². The summed E-state index contributed by atoms with van der Waals surface area (Å²) in [6.07, 6.45) is 1.33. The van der Waals surface area contributed by atoms with Gasteiger partial charge in [0.2, 0.25) is 5.91 Å². The summed E-state index contributed by atoms with van der Waals surface area (Å²) in [6.45, 7) is 0.660. The maximum atomic E-state index is 12.5. The molecule has 1 aromatic carbocycles. The smallest absolute Gasteiger partial charge is 0.267 e. The van der Waals surface area contributed by atoms with E-state index in [-0.39, 0.29) is 28.4 Å². The number of nitrogens with one attached hydrogen (secondary N) is 2. The second-order valence-corrected chi connectivity index (χ2v) is 7.43. The van der Waals surface area contributed by atoms with Gasteiger partial charge < -0.3 is 9.88 Å². The van der Waals surface area contributed by atoms with Crippen LogP contribution in [-0.2, 0) is 10.5 Å². The number of nitriles is 2. The molecule has 2 aromatic heterocycles. The van der Waals surface area contributed by atoms with Crippen LogP contribution >= 0.6 is 11.8 Å². The summed E-state index contributed by atoms with van der Waals surface area (Å²) in [4.78, 5) is 28.8. The first-order chi connectivity index (χ1) is 14.6. The van der Waals surface area contributed by atoms with Crippen LogP contribution in [0, 0.1) is 22.7 Å². The Bertz CT molecular complexity index is 1240. The van der Waals surface area contributed by atoms with Gasteiger partial charge in [0.05, 0.1) is 16.3 Å². The van der Waals surface area contributed by atoms with Gasteiger partial charge in [-0.25, -0.2) is 0 Å². The molecule has 1 aliphatic rings. The molecule has 0 saturated carbocycles. The Morgan fingerprint density at radius 3 is 2.50 bits per heavy atom. The van der Waals surface area contributed by atoms with E-state index in [1.807, 2.05) is 6.07 Å². The molecule has 148 valence electrons. The fourth-order valence-corrected chi connectivity index (χ4v) is 4.15. The zero-order valence-corrected chi connectivity index (χ0v) is 16.4. The molecule has 4 rings (SSSR count). The van der Waals surface area contributed by atoms with E-state index in [9.17, 15) is 20.1 Å². The summed E-state index contributed by atoms with van der Waals surface area (Å²) in [6, 6.07) is 10.9. The molecule has 3 aromatic rings. The lowest BCUT2D eigenvalue weighted by Crippen LogP contribution is -2.23. The van der Waals surface area contributed by atoms with E-state index in [2.05, 4.69) is 31.7 Å². The normalized spacial score (nSPS) is 13.3. The van der Waals surface area contributed by atoms with Crippen LogP contribution in [0.3, 0.4) is 0 Å². The number of H-pyrrole nitrogens is 2. The lowest BCUT2D eigenvalue weighted by molar-refractivity contribution is -0.117. The molecule has 3 heterocycles. The van der Waals surface area contributed by atoms with Gasteiger partial charge in [0, 0.05) is 24.2 Å². The Balaban J connectivity index is 1.76. The van der Waals surface area contributed by atoms with Crippen molar-refractivity contribution in [2.24, 2.45) is 0 Å². The average Bonchev–Trinajstić information content (AvgIpc) is 3.43. The molecule has 0 aliphatic carbocycles. The van der Waals surface area contributed by atoms with Crippen LogP contribution in [-0.4, -0.2) is 38.1 Å². The molecule has 1 saturated heterocycles. The highest BCUT2D eigenvalue weighted by atomic mass is 32.2. The number of pyridine rings is 1. The zero-order valence-electron chi connectivity index (χ0n) is 15.5. The van der Waals surface area contributed by atoms with Crippen LogP contribution < -0.4 is 10.5 Å². The SMILES string of the molecule is N#Cc1c(SCc2nn[nH]n2)[nH]c(=O)c(C#N)c1-c1ccc(N2CCCC2=O)cc1. The van der Waals surface area contributed by atoms with Crippen LogP contribution in [0.25, 0.3) is 11.1 Å². The highest BCUT2D eigenvalue weighted by molar-refractivity contribution is 7.98. The average molecular weight is 418 g/mol. The Morgan fingerprint density at radius 1 is 1.13 bits per heavy atom. The van der Waals surface area contributed by atoms with E-state index in [1.165, 1.54) is 11.8 Å². The first kappa shape index (κ1) is 19.4. The summed E-state index contributed by atoms with van der Waals surface area (Å²) in [7, 11) is 0. The van der Waals surface area contributed by atoms with Gasteiger partial charge in [0.25, 0.3) is 5.56 Å². The topological polar surface area (TPSA) is 155 Å². The van der Waals surface area contributed by atoms with Crippen LogP contribution in [0.15, 0.2) is 34.1 Å². The second-order valence-electron chi connectivity index (χ2n) is 6.44. The van der Waals surface area contributed by atoms with E-state index in [4.69, 9.17) is 0 Å². The quantitative estimate of drug-likeness (QED) is 0.593. The zero-order chi connectivity index (χ0) is 21.1. The Hall–Kier alpha value is -3.96. The van der Waals surface area contributed by atoms with Gasteiger partial charge in [0.1, 0.15) is 17.7 Å². The summed E-state index contributed by atoms with van der Waals surface area (Å²) in [5.74, 6) is 0.757. The number of benzene rings is 1. The number of amides is 1. The van der Waals surface area contributed by atoms with E-state index in [0.29, 0.717) is 29.4 Å². The van der Waals surface area contributed by atoms with Crippen molar-refractivity contribution in [1.82, 2.24) is 25.6 Å². The maximum Gasteiger partial charge on any atom is 0.267 e. The van der Waals surface area contributed by atoms with Gasteiger partial charge in [-0.2, -0.15) is 15.7 Å². The number of rotatable bonds is 5. The molecular weight excluding hydrogens is 404 g/mol. The van der Waals surface area contributed by atoms with E-state index in [0.717, 1.165) is 12.1 Å². The third kappa shape index (κ3) is 3.54. The number of thioether (sulfide) groups is 1. The van der Waals surface area contributed by atoms with Gasteiger partial charge in [-0.1, -0.05) is 29.1 Å². The molecule has 0 radical (unpaired) electrons. The number of carbonyl (C=O) groups is 1. The summed E-state index contributed by atoms with van der Waals surface area (Å²) in [5, 5.41) is 33.2. The van der Waals surface area contributed by atoms with E-state index in [1.54, 1.807) is 29.2 Å². The molecule has 1 aliphatic heterocycles. The fraction of sp³-hybridized carbons (Fsp3) is 0.211. The van der Waals surface area contributed by atoms with Crippen molar-refractivity contribution in [2.75, 3.05) is 11.4 Å². The number of hydrogen-bond acceptors (Lipinski definition) is 8. The van der Waals surface area contributed by atoms with Gasteiger partial charge in [-0.15, -0.1) is 10.2 Å². The third-order valence-electron chi connectivity index (χ3n) is 4.68. The van der Waals surface area contributed by atoms with Crippen molar-refractivity contribution in [3.63, 3.8) is 0 Å².